The first-order chi connectivity index (χ1) is 16.9. The number of ketones is 1. The summed E-state index contributed by atoms with van der Waals surface area (Å²) in [7, 11) is 0. The Morgan fingerprint density at radius 3 is 2.63 bits per heavy atom. The number of benzene rings is 2. The van der Waals surface area contributed by atoms with E-state index in [1.807, 2.05) is 32.9 Å². The van der Waals surface area contributed by atoms with Crippen LogP contribution in [-0.2, 0) is 9.59 Å². The molecule has 35 heavy (non-hydrogen) atoms. The highest BCUT2D eigenvalue weighted by Crippen LogP contribution is 2.44. The number of aliphatic hydroxyl groups is 1. The number of thiazole rings is 1. The van der Waals surface area contributed by atoms with Crippen LogP contribution in [-0.4, -0.2) is 33.4 Å². The standard InChI is InChI=1S/C27H23N3O4S/c1-4-34-19-7-5-6-18(14-19)24(31)21-23(17-8-10-28-11-9-17)30(26(33)25(21)32)27-29-22-16(3)12-15(2)13-20(22)35-27/h5-14,23,31H,4H2,1-3H3. The second-order valence-corrected chi connectivity index (χ2v) is 9.34. The Morgan fingerprint density at radius 1 is 1.11 bits per heavy atom. The summed E-state index contributed by atoms with van der Waals surface area (Å²) in [5.41, 5.74) is 3.91. The van der Waals surface area contributed by atoms with E-state index in [9.17, 15) is 14.7 Å². The SMILES string of the molecule is CCOc1cccc(C(O)=C2C(=O)C(=O)N(c3nc4c(C)cc(C)cc4s3)C2c2ccncc2)c1. The van der Waals surface area contributed by atoms with Crippen LogP contribution < -0.4 is 9.64 Å². The van der Waals surface area contributed by atoms with E-state index >= 15 is 0 Å². The van der Waals surface area contributed by atoms with E-state index in [1.165, 1.54) is 16.2 Å². The zero-order valence-electron chi connectivity index (χ0n) is 19.5. The van der Waals surface area contributed by atoms with Crippen molar-refractivity contribution in [2.45, 2.75) is 26.8 Å². The van der Waals surface area contributed by atoms with Crippen molar-refractivity contribution in [3.05, 3.63) is 88.8 Å². The molecule has 0 bridgehead atoms. The van der Waals surface area contributed by atoms with Crippen molar-refractivity contribution >= 4 is 44.1 Å². The van der Waals surface area contributed by atoms with Crippen molar-refractivity contribution < 1.29 is 19.4 Å². The number of Topliss-reactive ketones (excluding diaryl/α,β-unsaturated/α-hetero) is 1. The van der Waals surface area contributed by atoms with E-state index in [-0.39, 0.29) is 11.3 Å². The van der Waals surface area contributed by atoms with Crippen LogP contribution in [0.5, 0.6) is 5.75 Å². The minimum absolute atomic E-state index is 0.00186. The molecule has 1 aliphatic rings. The first kappa shape index (κ1) is 22.7. The summed E-state index contributed by atoms with van der Waals surface area (Å²) in [4.78, 5) is 36.9. The smallest absolute Gasteiger partial charge is 0.301 e. The maximum absolute atomic E-state index is 13.4. The van der Waals surface area contributed by atoms with Gasteiger partial charge in [-0.25, -0.2) is 4.98 Å². The molecule has 1 aliphatic heterocycles. The number of anilines is 1. The number of aryl methyl sites for hydroxylation is 2. The summed E-state index contributed by atoms with van der Waals surface area (Å²) in [6, 6.07) is 13.5. The van der Waals surface area contributed by atoms with E-state index in [1.54, 1.807) is 48.8 Å². The molecule has 0 aliphatic carbocycles. The lowest BCUT2D eigenvalue weighted by Crippen LogP contribution is -2.29. The van der Waals surface area contributed by atoms with Crippen LogP contribution in [0.2, 0.25) is 0 Å². The Bertz CT molecular complexity index is 1490. The van der Waals surface area contributed by atoms with Gasteiger partial charge in [0, 0.05) is 18.0 Å². The number of aliphatic hydroxyl groups excluding tert-OH is 1. The van der Waals surface area contributed by atoms with Gasteiger partial charge in [-0.2, -0.15) is 0 Å². The Labute approximate surface area is 206 Å². The van der Waals surface area contributed by atoms with Crippen LogP contribution in [0.3, 0.4) is 0 Å². The highest BCUT2D eigenvalue weighted by molar-refractivity contribution is 7.22. The van der Waals surface area contributed by atoms with E-state index < -0.39 is 17.7 Å². The second-order valence-electron chi connectivity index (χ2n) is 8.34. The second kappa shape index (κ2) is 8.96. The summed E-state index contributed by atoms with van der Waals surface area (Å²) < 4.78 is 6.48. The van der Waals surface area contributed by atoms with E-state index in [2.05, 4.69) is 4.98 Å². The van der Waals surface area contributed by atoms with Gasteiger partial charge in [0.25, 0.3) is 5.78 Å². The lowest BCUT2D eigenvalue weighted by Gasteiger charge is -2.22. The number of nitrogens with zero attached hydrogens (tertiary/aromatic N) is 3. The highest BCUT2D eigenvalue weighted by atomic mass is 32.1. The quantitative estimate of drug-likeness (QED) is 0.233. The van der Waals surface area contributed by atoms with Gasteiger partial charge in [-0.3, -0.25) is 19.5 Å². The van der Waals surface area contributed by atoms with E-state index in [0.717, 1.165) is 21.3 Å². The van der Waals surface area contributed by atoms with Gasteiger partial charge in [0.05, 0.1) is 28.4 Å². The van der Waals surface area contributed by atoms with Crippen LogP contribution in [0.25, 0.3) is 16.0 Å². The normalized spacial score (nSPS) is 17.3. The summed E-state index contributed by atoms with van der Waals surface area (Å²) in [6.45, 7) is 6.30. The molecule has 2 aromatic heterocycles. The number of hydrogen-bond donors (Lipinski definition) is 1. The number of carbonyl (C=O) groups excluding carboxylic acids is 2. The number of amides is 1. The molecule has 0 radical (unpaired) electrons. The van der Waals surface area contributed by atoms with Crippen molar-refractivity contribution in [3.63, 3.8) is 0 Å². The molecule has 3 heterocycles. The predicted octanol–water partition coefficient (Wildman–Crippen LogP) is 5.33. The largest absolute Gasteiger partial charge is 0.507 e. The van der Waals surface area contributed by atoms with Crippen molar-refractivity contribution in [1.82, 2.24) is 9.97 Å². The van der Waals surface area contributed by atoms with Crippen molar-refractivity contribution in [3.8, 4) is 5.75 Å². The summed E-state index contributed by atoms with van der Waals surface area (Å²) >= 11 is 1.35. The molecule has 5 rings (SSSR count). The lowest BCUT2D eigenvalue weighted by atomic mass is 9.96. The van der Waals surface area contributed by atoms with Crippen LogP contribution >= 0.6 is 11.3 Å². The Kier molecular flexibility index (Phi) is 5.82. The lowest BCUT2D eigenvalue weighted by molar-refractivity contribution is -0.132. The Morgan fingerprint density at radius 2 is 1.89 bits per heavy atom. The zero-order chi connectivity index (χ0) is 24.7. The van der Waals surface area contributed by atoms with Gasteiger partial charge in [-0.1, -0.05) is 29.5 Å². The van der Waals surface area contributed by atoms with Crippen molar-refractivity contribution in [2.24, 2.45) is 0 Å². The van der Waals surface area contributed by atoms with Gasteiger partial charge < -0.3 is 9.84 Å². The molecule has 2 aromatic carbocycles. The van der Waals surface area contributed by atoms with Gasteiger partial charge >= 0.3 is 5.91 Å². The molecule has 8 heteroatoms. The minimum atomic E-state index is -0.851. The maximum Gasteiger partial charge on any atom is 0.301 e. The molecular formula is C27H23N3O4S. The molecule has 0 saturated carbocycles. The van der Waals surface area contributed by atoms with Crippen LogP contribution in [0.1, 0.15) is 35.2 Å². The number of aromatic nitrogens is 2. The van der Waals surface area contributed by atoms with Crippen molar-refractivity contribution in [1.29, 1.82) is 0 Å². The third-order valence-corrected chi connectivity index (χ3v) is 6.91. The average molecular weight is 486 g/mol. The van der Waals surface area contributed by atoms with Crippen LogP contribution in [0.4, 0.5) is 5.13 Å². The van der Waals surface area contributed by atoms with Crippen LogP contribution in [0, 0.1) is 13.8 Å². The highest BCUT2D eigenvalue weighted by Gasteiger charge is 2.48. The van der Waals surface area contributed by atoms with E-state index in [4.69, 9.17) is 9.72 Å². The molecule has 1 fully saturated rings. The average Bonchev–Trinajstić information content (AvgIpc) is 3.38. The van der Waals surface area contributed by atoms with Crippen LogP contribution in [0.15, 0.2) is 66.5 Å². The molecule has 7 nitrogen and oxygen atoms in total. The third kappa shape index (κ3) is 3.95. The minimum Gasteiger partial charge on any atom is -0.507 e. The summed E-state index contributed by atoms with van der Waals surface area (Å²) in [5.74, 6) is -1.20. The Hall–Kier alpha value is -4.04. The predicted molar refractivity (Wildman–Crippen MR) is 136 cm³/mol. The fourth-order valence-electron chi connectivity index (χ4n) is 4.41. The molecule has 1 atom stereocenters. The summed E-state index contributed by atoms with van der Waals surface area (Å²) in [5, 5.41) is 11.7. The molecule has 1 amide bonds. The fraction of sp³-hybridized carbons (Fsp3) is 0.185. The first-order valence-electron chi connectivity index (χ1n) is 11.2. The molecular weight excluding hydrogens is 462 g/mol. The fourth-order valence-corrected chi connectivity index (χ4v) is 5.58. The Balaban J connectivity index is 1.71. The van der Waals surface area contributed by atoms with Gasteiger partial charge in [0.15, 0.2) is 5.13 Å². The molecule has 176 valence electrons. The van der Waals surface area contributed by atoms with Gasteiger partial charge in [-0.05, 0) is 67.8 Å². The van der Waals surface area contributed by atoms with Gasteiger partial charge in [0.2, 0.25) is 0 Å². The number of carbonyl (C=O) groups is 2. The first-order valence-corrected chi connectivity index (χ1v) is 12.0. The van der Waals surface area contributed by atoms with Gasteiger partial charge in [-0.15, -0.1) is 0 Å². The van der Waals surface area contributed by atoms with Crippen molar-refractivity contribution in [2.75, 3.05) is 11.5 Å². The number of ether oxygens (including phenoxy) is 1. The molecule has 1 saturated heterocycles. The number of pyridine rings is 1. The maximum atomic E-state index is 13.4. The molecule has 1 N–H and O–H groups in total. The molecule has 4 aromatic rings. The summed E-state index contributed by atoms with van der Waals surface area (Å²) in [6.07, 6.45) is 3.19. The topological polar surface area (TPSA) is 92.6 Å². The number of rotatable bonds is 5. The molecule has 1 unspecified atom stereocenters. The van der Waals surface area contributed by atoms with E-state index in [0.29, 0.717) is 28.6 Å². The molecule has 0 spiro atoms. The van der Waals surface area contributed by atoms with Gasteiger partial charge in [0.1, 0.15) is 11.5 Å². The number of hydrogen-bond acceptors (Lipinski definition) is 7. The zero-order valence-corrected chi connectivity index (χ0v) is 20.3. The monoisotopic (exact) mass is 485 g/mol. The third-order valence-electron chi connectivity index (χ3n) is 5.91. The number of fused-ring (bicyclic) bond motifs is 1.